The molecule has 0 fully saturated rings. The first-order chi connectivity index (χ1) is 8.75. The molecule has 2 aliphatic rings. The highest BCUT2D eigenvalue weighted by atomic mass is 16.5. The molecule has 0 unspecified atom stereocenters. The van der Waals surface area contributed by atoms with Gasteiger partial charge in [0.1, 0.15) is 18.6 Å². The van der Waals surface area contributed by atoms with Gasteiger partial charge in [-0.25, -0.2) is 9.98 Å². The van der Waals surface area contributed by atoms with E-state index in [0.29, 0.717) is 13.2 Å². The molecule has 2 heterocycles. The van der Waals surface area contributed by atoms with E-state index in [0.717, 1.165) is 18.2 Å². The van der Waals surface area contributed by atoms with Crippen molar-refractivity contribution in [2.45, 2.75) is 60.0 Å². The van der Waals surface area contributed by atoms with Gasteiger partial charge in [-0.1, -0.05) is 27.7 Å². The van der Waals surface area contributed by atoms with Gasteiger partial charge in [-0.15, -0.1) is 0 Å². The fourth-order valence-electron chi connectivity index (χ4n) is 2.22. The Bertz CT molecular complexity index is 405. The van der Waals surface area contributed by atoms with E-state index in [2.05, 4.69) is 46.5 Å². The van der Waals surface area contributed by atoms with Crippen LogP contribution in [-0.4, -0.2) is 37.1 Å². The molecule has 4 heteroatoms. The van der Waals surface area contributed by atoms with E-state index < -0.39 is 0 Å². The normalized spacial score (nSPS) is 27.7. The van der Waals surface area contributed by atoms with Crippen molar-refractivity contribution in [1.82, 2.24) is 0 Å². The summed E-state index contributed by atoms with van der Waals surface area (Å²) in [7, 11) is 0. The Labute approximate surface area is 116 Å². The van der Waals surface area contributed by atoms with Crippen LogP contribution in [0.5, 0.6) is 0 Å². The summed E-state index contributed by atoms with van der Waals surface area (Å²) in [6, 6.07) is 0.500. The summed E-state index contributed by atoms with van der Waals surface area (Å²) in [6.07, 6.45) is 1.01. The molecule has 19 heavy (non-hydrogen) atoms. The number of hydrogen-bond acceptors (Lipinski definition) is 4. The third-order valence-corrected chi connectivity index (χ3v) is 3.90. The maximum absolute atomic E-state index is 5.83. The molecule has 0 aromatic carbocycles. The van der Waals surface area contributed by atoms with E-state index >= 15 is 0 Å². The standard InChI is InChI=1S/C15H26N2O2/c1-7-10-8-18-12(16-10)15(5,6)13-17-11(9-19-13)14(2,3)4/h10-11H,7-9H2,1-6H3/t10-,11+/m0/s1. The molecule has 2 aliphatic heterocycles. The molecule has 4 nitrogen and oxygen atoms in total. The molecule has 0 aliphatic carbocycles. The highest BCUT2D eigenvalue weighted by Crippen LogP contribution is 2.33. The molecule has 0 bridgehead atoms. The number of nitrogens with zero attached hydrogens (tertiary/aromatic N) is 2. The predicted octanol–water partition coefficient (Wildman–Crippen LogP) is 3.06. The number of aliphatic imine (C=N–C) groups is 2. The van der Waals surface area contributed by atoms with Gasteiger partial charge in [0.15, 0.2) is 11.8 Å². The van der Waals surface area contributed by atoms with Gasteiger partial charge >= 0.3 is 0 Å². The molecule has 108 valence electrons. The fourth-order valence-corrected chi connectivity index (χ4v) is 2.22. The first-order valence-electron chi connectivity index (χ1n) is 7.17. The van der Waals surface area contributed by atoms with Crippen LogP contribution in [0.15, 0.2) is 9.98 Å². The smallest absolute Gasteiger partial charge is 0.199 e. The van der Waals surface area contributed by atoms with Gasteiger partial charge < -0.3 is 9.47 Å². The van der Waals surface area contributed by atoms with Gasteiger partial charge in [-0.05, 0) is 25.7 Å². The van der Waals surface area contributed by atoms with Crippen molar-refractivity contribution < 1.29 is 9.47 Å². The lowest BCUT2D eigenvalue weighted by Gasteiger charge is -2.23. The van der Waals surface area contributed by atoms with Gasteiger partial charge in [-0.3, -0.25) is 0 Å². The van der Waals surface area contributed by atoms with Crippen molar-refractivity contribution in [3.8, 4) is 0 Å². The van der Waals surface area contributed by atoms with Crippen molar-refractivity contribution in [3.05, 3.63) is 0 Å². The van der Waals surface area contributed by atoms with Crippen molar-refractivity contribution in [2.75, 3.05) is 13.2 Å². The minimum absolute atomic E-state index is 0.127. The first-order valence-corrected chi connectivity index (χ1v) is 7.17. The molecule has 2 rings (SSSR count). The molecule has 0 radical (unpaired) electrons. The van der Waals surface area contributed by atoms with Crippen LogP contribution in [0, 0.1) is 10.8 Å². The van der Waals surface area contributed by atoms with Gasteiger partial charge in [0.2, 0.25) is 0 Å². The summed E-state index contributed by atoms with van der Waals surface area (Å²) in [5.74, 6) is 1.54. The summed E-state index contributed by atoms with van der Waals surface area (Å²) in [4.78, 5) is 9.40. The topological polar surface area (TPSA) is 43.2 Å². The molecule has 0 aromatic heterocycles. The van der Waals surface area contributed by atoms with E-state index in [-0.39, 0.29) is 22.9 Å². The maximum atomic E-state index is 5.83. The summed E-state index contributed by atoms with van der Waals surface area (Å²) in [5.41, 5.74) is -0.230. The van der Waals surface area contributed by atoms with Crippen LogP contribution in [0.3, 0.4) is 0 Å². The summed E-state index contributed by atoms with van der Waals surface area (Å²) in [6.45, 7) is 14.2. The Morgan fingerprint density at radius 3 is 2.05 bits per heavy atom. The molecule has 2 atom stereocenters. The lowest BCUT2D eigenvalue weighted by molar-refractivity contribution is 0.222. The van der Waals surface area contributed by atoms with Crippen LogP contribution >= 0.6 is 0 Å². The van der Waals surface area contributed by atoms with Crippen LogP contribution in [0.4, 0.5) is 0 Å². The lowest BCUT2D eigenvalue weighted by Crippen LogP contribution is -2.34. The van der Waals surface area contributed by atoms with Crippen molar-refractivity contribution in [2.24, 2.45) is 20.8 Å². The zero-order valence-electron chi connectivity index (χ0n) is 13.0. The molecular weight excluding hydrogens is 240 g/mol. The zero-order chi connectivity index (χ0) is 14.3. The Morgan fingerprint density at radius 2 is 1.58 bits per heavy atom. The van der Waals surface area contributed by atoms with E-state index in [1.54, 1.807) is 0 Å². The van der Waals surface area contributed by atoms with Crippen molar-refractivity contribution >= 4 is 11.8 Å². The summed E-state index contributed by atoms with van der Waals surface area (Å²) >= 11 is 0. The van der Waals surface area contributed by atoms with Gasteiger partial charge in [-0.2, -0.15) is 0 Å². The van der Waals surface area contributed by atoms with Gasteiger partial charge in [0.25, 0.3) is 0 Å². The van der Waals surface area contributed by atoms with Crippen LogP contribution in [-0.2, 0) is 9.47 Å². The highest BCUT2D eigenvalue weighted by molar-refractivity contribution is 6.05. The molecule has 0 saturated heterocycles. The molecule has 0 N–H and O–H groups in total. The monoisotopic (exact) mass is 266 g/mol. The van der Waals surface area contributed by atoms with Crippen LogP contribution in [0.1, 0.15) is 48.0 Å². The summed E-state index contributed by atoms with van der Waals surface area (Å²) < 4.78 is 11.6. The number of ether oxygens (including phenoxy) is 2. The molecule has 0 aromatic rings. The second-order valence-electron chi connectivity index (χ2n) is 7.06. The first kappa shape index (κ1) is 14.4. The third kappa shape index (κ3) is 2.77. The maximum Gasteiger partial charge on any atom is 0.199 e. The van der Waals surface area contributed by atoms with E-state index in [4.69, 9.17) is 14.5 Å². The quantitative estimate of drug-likeness (QED) is 0.788. The SMILES string of the molecule is CC[C@H]1COC(C(C)(C)C2=N[C@@H](C(C)(C)C)CO2)=N1. The Hall–Kier alpha value is -1.06. The Balaban J connectivity index is 2.17. The average Bonchev–Trinajstić information content (AvgIpc) is 2.98. The number of hydrogen-bond donors (Lipinski definition) is 0. The lowest BCUT2D eigenvalue weighted by atomic mass is 9.88. The average molecular weight is 266 g/mol. The molecule has 0 saturated carbocycles. The Kier molecular flexibility index (Phi) is 3.63. The van der Waals surface area contributed by atoms with Crippen molar-refractivity contribution in [1.29, 1.82) is 0 Å². The number of rotatable bonds is 3. The second-order valence-corrected chi connectivity index (χ2v) is 7.06. The van der Waals surface area contributed by atoms with E-state index in [1.165, 1.54) is 0 Å². The minimum Gasteiger partial charge on any atom is -0.478 e. The predicted molar refractivity (Wildman–Crippen MR) is 77.9 cm³/mol. The van der Waals surface area contributed by atoms with Gasteiger partial charge in [0, 0.05) is 0 Å². The van der Waals surface area contributed by atoms with Crippen LogP contribution < -0.4 is 0 Å². The summed E-state index contributed by atoms with van der Waals surface area (Å²) in [5, 5.41) is 0. The van der Waals surface area contributed by atoms with Crippen molar-refractivity contribution in [3.63, 3.8) is 0 Å². The highest BCUT2D eigenvalue weighted by Gasteiger charge is 2.42. The molecule has 0 spiro atoms. The van der Waals surface area contributed by atoms with E-state index in [9.17, 15) is 0 Å². The van der Waals surface area contributed by atoms with E-state index in [1.807, 2.05) is 0 Å². The zero-order valence-corrected chi connectivity index (χ0v) is 13.0. The largest absolute Gasteiger partial charge is 0.478 e. The fraction of sp³-hybridized carbons (Fsp3) is 0.867. The second kappa shape index (κ2) is 4.80. The third-order valence-electron chi connectivity index (χ3n) is 3.90. The van der Waals surface area contributed by atoms with Gasteiger partial charge in [0.05, 0.1) is 12.1 Å². The molecular formula is C15H26N2O2. The molecule has 0 amide bonds. The van der Waals surface area contributed by atoms with Crippen LogP contribution in [0.2, 0.25) is 0 Å². The van der Waals surface area contributed by atoms with Crippen LogP contribution in [0.25, 0.3) is 0 Å². The Morgan fingerprint density at radius 1 is 1.00 bits per heavy atom. The minimum atomic E-state index is -0.357.